The molecule has 0 bridgehead atoms. The van der Waals surface area contributed by atoms with E-state index in [9.17, 15) is 9.18 Å². The molecular weight excluding hydrogens is 441 g/mol. The molecule has 2 aromatic rings. The van der Waals surface area contributed by atoms with Crippen LogP contribution >= 0.6 is 12.2 Å². The number of pyridine rings is 1. The van der Waals surface area contributed by atoms with Crippen molar-refractivity contribution in [3.05, 3.63) is 65.4 Å². The Bertz CT molecular complexity index is 1060. The summed E-state index contributed by atoms with van der Waals surface area (Å²) in [6, 6.07) is 8.30. The fourth-order valence-corrected chi connectivity index (χ4v) is 4.42. The Kier molecular flexibility index (Phi) is 7.51. The van der Waals surface area contributed by atoms with Crippen molar-refractivity contribution in [2.45, 2.75) is 31.8 Å². The number of nitrogens with one attached hydrogen (secondary N) is 3. The molecular formula is C24H28FN5O2S. The van der Waals surface area contributed by atoms with Gasteiger partial charge < -0.3 is 25.6 Å². The van der Waals surface area contributed by atoms with Crippen LogP contribution in [0.2, 0.25) is 0 Å². The maximum atomic E-state index is 13.5. The van der Waals surface area contributed by atoms with Gasteiger partial charge >= 0.3 is 0 Å². The number of halogens is 1. The van der Waals surface area contributed by atoms with Crippen molar-refractivity contribution in [1.82, 2.24) is 20.5 Å². The van der Waals surface area contributed by atoms with Crippen molar-refractivity contribution in [3.63, 3.8) is 0 Å². The molecule has 3 N–H and O–H groups in total. The molecule has 0 saturated carbocycles. The predicted molar refractivity (Wildman–Crippen MR) is 129 cm³/mol. The molecule has 4 rings (SSSR count). The summed E-state index contributed by atoms with van der Waals surface area (Å²) in [5.74, 6) is 0.0959. The molecule has 1 aromatic heterocycles. The number of benzene rings is 1. The van der Waals surface area contributed by atoms with Crippen molar-refractivity contribution in [3.8, 4) is 5.75 Å². The number of amides is 1. The van der Waals surface area contributed by atoms with Crippen LogP contribution in [-0.2, 0) is 11.3 Å². The number of carbonyl (C=O) groups is 1. The molecule has 0 spiro atoms. The zero-order valence-electron chi connectivity index (χ0n) is 18.6. The first-order chi connectivity index (χ1) is 16.0. The molecule has 1 fully saturated rings. The van der Waals surface area contributed by atoms with Gasteiger partial charge in [0.25, 0.3) is 5.91 Å². The van der Waals surface area contributed by atoms with Crippen LogP contribution in [0.25, 0.3) is 0 Å². The number of anilines is 1. The van der Waals surface area contributed by atoms with E-state index in [1.54, 1.807) is 24.5 Å². The third-order valence-electron chi connectivity index (χ3n) is 5.96. The van der Waals surface area contributed by atoms with Gasteiger partial charge in [0.1, 0.15) is 23.2 Å². The van der Waals surface area contributed by atoms with Crippen molar-refractivity contribution < 1.29 is 13.9 Å². The van der Waals surface area contributed by atoms with E-state index in [4.69, 9.17) is 17.0 Å². The highest BCUT2D eigenvalue weighted by Crippen LogP contribution is 2.22. The van der Waals surface area contributed by atoms with E-state index >= 15 is 0 Å². The van der Waals surface area contributed by atoms with Gasteiger partial charge in [0.15, 0.2) is 0 Å². The Balaban J connectivity index is 1.46. The second kappa shape index (κ2) is 10.7. The van der Waals surface area contributed by atoms with E-state index in [2.05, 4.69) is 32.9 Å². The van der Waals surface area contributed by atoms with Crippen LogP contribution in [0.5, 0.6) is 5.75 Å². The summed E-state index contributed by atoms with van der Waals surface area (Å²) >= 11 is 5.49. The van der Waals surface area contributed by atoms with Crippen LogP contribution in [0, 0.1) is 5.82 Å². The zero-order valence-corrected chi connectivity index (χ0v) is 19.4. The Morgan fingerprint density at radius 3 is 3.06 bits per heavy atom. The number of rotatable bonds is 8. The molecule has 33 heavy (non-hydrogen) atoms. The average Bonchev–Trinajstić information content (AvgIpc) is 3.21. The minimum absolute atomic E-state index is 0.246. The minimum Gasteiger partial charge on any atom is -0.490 e. The van der Waals surface area contributed by atoms with Gasteiger partial charge in [0.05, 0.1) is 11.8 Å². The van der Waals surface area contributed by atoms with Crippen LogP contribution in [0.15, 0.2) is 54.0 Å². The molecule has 0 radical (unpaired) electrons. The van der Waals surface area contributed by atoms with Gasteiger partial charge in [-0.1, -0.05) is 18.3 Å². The number of carbonyl (C=O) groups excluding carboxylic acids is 1. The summed E-state index contributed by atoms with van der Waals surface area (Å²) in [6.07, 6.45) is 6.38. The predicted octanol–water partition coefficient (Wildman–Crippen LogP) is 3.00. The standard InChI is InChI=1S/C24H28FN5O2S/c1-30-11-3-6-19(30)15-32-21-14-26-9-7-16(21)13-28-20-8-10-27-23(31)22(20)24(33)29-18-5-2-4-17(25)12-18/h2,4-5,7,9,12,14,19,28H,3,6,8,10-11,13,15H2,1H3,(H,27,31)(H,29,33). The largest absolute Gasteiger partial charge is 0.490 e. The first-order valence-electron chi connectivity index (χ1n) is 11.1. The zero-order chi connectivity index (χ0) is 23.2. The molecule has 1 aromatic carbocycles. The third-order valence-corrected chi connectivity index (χ3v) is 6.27. The number of hydrogen-bond donors (Lipinski definition) is 3. The van der Waals surface area contributed by atoms with Crippen molar-refractivity contribution in [2.24, 2.45) is 0 Å². The maximum Gasteiger partial charge on any atom is 0.256 e. The highest BCUT2D eigenvalue weighted by molar-refractivity contribution is 7.81. The molecule has 3 heterocycles. The Morgan fingerprint density at radius 1 is 1.39 bits per heavy atom. The van der Waals surface area contributed by atoms with Crippen LogP contribution in [0.3, 0.4) is 0 Å². The third kappa shape index (κ3) is 5.85. The quantitative estimate of drug-likeness (QED) is 0.513. The van der Waals surface area contributed by atoms with E-state index < -0.39 is 0 Å². The number of hydrogen-bond acceptors (Lipinski definition) is 6. The SMILES string of the molecule is CN1CCCC1COc1cnccc1CNC1=C(C(=S)Nc2cccc(F)c2)C(=O)NCC1. The van der Waals surface area contributed by atoms with Gasteiger partial charge in [-0.3, -0.25) is 9.78 Å². The summed E-state index contributed by atoms with van der Waals surface area (Å²) in [5, 5.41) is 9.17. The Morgan fingerprint density at radius 2 is 2.27 bits per heavy atom. The molecule has 9 heteroatoms. The molecule has 174 valence electrons. The molecule has 0 aliphatic carbocycles. The lowest BCUT2D eigenvalue weighted by Crippen LogP contribution is -2.39. The molecule has 2 aliphatic rings. The number of aromatic nitrogens is 1. The topological polar surface area (TPSA) is 78.5 Å². The van der Waals surface area contributed by atoms with Crippen molar-refractivity contribution in [1.29, 1.82) is 0 Å². The van der Waals surface area contributed by atoms with Gasteiger partial charge in [-0.25, -0.2) is 4.39 Å². The molecule has 1 unspecified atom stereocenters. The normalized spacial score (nSPS) is 18.7. The lowest BCUT2D eigenvalue weighted by Gasteiger charge is -2.24. The van der Waals surface area contributed by atoms with Crippen molar-refractivity contribution in [2.75, 3.05) is 32.1 Å². The molecule has 1 amide bonds. The first-order valence-corrected chi connectivity index (χ1v) is 11.5. The maximum absolute atomic E-state index is 13.5. The summed E-state index contributed by atoms with van der Waals surface area (Å²) in [5.41, 5.74) is 2.55. The second-order valence-electron chi connectivity index (χ2n) is 8.25. The van der Waals surface area contributed by atoms with Gasteiger partial charge in [0, 0.05) is 48.7 Å². The van der Waals surface area contributed by atoms with Crippen LogP contribution in [0.4, 0.5) is 10.1 Å². The van der Waals surface area contributed by atoms with E-state index in [-0.39, 0.29) is 16.7 Å². The number of likely N-dealkylation sites (tertiary alicyclic amines) is 1. The summed E-state index contributed by atoms with van der Waals surface area (Å²) < 4.78 is 19.6. The minimum atomic E-state index is -0.378. The smallest absolute Gasteiger partial charge is 0.256 e. The Labute approximate surface area is 198 Å². The first kappa shape index (κ1) is 23.1. The van der Waals surface area contributed by atoms with Crippen LogP contribution < -0.4 is 20.7 Å². The Hall–Kier alpha value is -3.04. The van der Waals surface area contributed by atoms with Gasteiger partial charge in [-0.2, -0.15) is 0 Å². The monoisotopic (exact) mass is 469 g/mol. The van der Waals surface area contributed by atoms with Crippen LogP contribution in [-0.4, -0.2) is 53.6 Å². The van der Waals surface area contributed by atoms with Gasteiger partial charge in [0.2, 0.25) is 0 Å². The van der Waals surface area contributed by atoms with Crippen LogP contribution in [0.1, 0.15) is 24.8 Å². The summed E-state index contributed by atoms with van der Waals surface area (Å²) in [4.78, 5) is 19.4. The summed E-state index contributed by atoms with van der Waals surface area (Å²) in [7, 11) is 2.12. The van der Waals surface area contributed by atoms with E-state index in [0.29, 0.717) is 43.4 Å². The van der Waals surface area contributed by atoms with Gasteiger partial charge in [-0.05, 0) is 50.7 Å². The lowest BCUT2D eigenvalue weighted by molar-refractivity contribution is -0.117. The average molecular weight is 470 g/mol. The molecule has 1 atom stereocenters. The number of nitrogens with zero attached hydrogens (tertiary/aromatic N) is 2. The highest BCUT2D eigenvalue weighted by atomic mass is 32.1. The van der Waals surface area contributed by atoms with Crippen molar-refractivity contribution >= 4 is 28.8 Å². The number of ether oxygens (including phenoxy) is 1. The van der Waals surface area contributed by atoms with Gasteiger partial charge in [-0.15, -0.1) is 0 Å². The van der Waals surface area contributed by atoms with E-state index in [1.807, 2.05) is 6.07 Å². The summed E-state index contributed by atoms with van der Waals surface area (Å²) in [6.45, 7) is 2.69. The fraction of sp³-hybridized carbons (Fsp3) is 0.375. The molecule has 7 nitrogen and oxygen atoms in total. The fourth-order valence-electron chi connectivity index (χ4n) is 4.09. The number of likely N-dealkylation sites (N-methyl/N-ethyl adjacent to an activating group) is 1. The molecule has 2 aliphatic heterocycles. The van der Waals surface area contributed by atoms with E-state index in [0.717, 1.165) is 30.0 Å². The highest BCUT2D eigenvalue weighted by Gasteiger charge is 2.25. The molecule has 1 saturated heterocycles. The lowest BCUT2D eigenvalue weighted by atomic mass is 10.1. The number of thiocarbonyl (C=S) groups is 1. The second-order valence-corrected chi connectivity index (χ2v) is 8.66. The van der Waals surface area contributed by atoms with E-state index in [1.165, 1.54) is 18.6 Å².